The first kappa shape index (κ1) is 7.55. The molecule has 0 fully saturated rings. The maximum Gasteiger partial charge on any atom is 0.0207 e. The zero-order chi connectivity index (χ0) is 7.56. The summed E-state index contributed by atoms with van der Waals surface area (Å²) in [6.07, 6.45) is 3.12. The predicted octanol–water partition coefficient (Wildman–Crippen LogP) is 1.87. The van der Waals surface area contributed by atoms with Crippen LogP contribution in [0.3, 0.4) is 0 Å². The number of hydrogen-bond donors (Lipinski definition) is 1. The van der Waals surface area contributed by atoms with Crippen LogP contribution in [0.4, 0.5) is 0 Å². The molecule has 0 bridgehead atoms. The second kappa shape index (κ2) is 3.02. The summed E-state index contributed by atoms with van der Waals surface area (Å²) in [5.41, 5.74) is 2.86. The molecule has 0 aromatic heterocycles. The van der Waals surface area contributed by atoms with Gasteiger partial charge < -0.3 is 5.32 Å². The van der Waals surface area contributed by atoms with E-state index in [1.807, 2.05) is 6.08 Å². The lowest BCUT2D eigenvalue weighted by Gasteiger charge is -2.22. The first-order chi connectivity index (χ1) is 4.74. The summed E-state index contributed by atoms with van der Waals surface area (Å²) in [5, 5.41) is 3.38. The molecule has 0 aliphatic carbocycles. The van der Waals surface area contributed by atoms with Gasteiger partial charge in [-0.05, 0) is 25.8 Å². The SMILES string of the molecule is C=CC1=C(C)CC(C)NC1. The highest BCUT2D eigenvalue weighted by atomic mass is 14.9. The summed E-state index contributed by atoms with van der Waals surface area (Å²) in [6, 6.07) is 0.642. The largest absolute Gasteiger partial charge is 0.310 e. The summed E-state index contributed by atoms with van der Waals surface area (Å²) in [6.45, 7) is 9.16. The van der Waals surface area contributed by atoms with Gasteiger partial charge in [-0.1, -0.05) is 18.2 Å². The second-order valence-corrected chi connectivity index (χ2v) is 3.00. The molecule has 1 nitrogen and oxygen atoms in total. The van der Waals surface area contributed by atoms with Crippen molar-refractivity contribution in [2.45, 2.75) is 26.3 Å². The summed E-state index contributed by atoms with van der Waals surface area (Å²) >= 11 is 0. The molecule has 1 unspecified atom stereocenters. The van der Waals surface area contributed by atoms with E-state index in [9.17, 15) is 0 Å². The molecule has 0 saturated carbocycles. The van der Waals surface area contributed by atoms with E-state index in [-0.39, 0.29) is 0 Å². The molecule has 1 N–H and O–H groups in total. The molecule has 1 heteroatoms. The lowest BCUT2D eigenvalue weighted by atomic mass is 9.98. The Labute approximate surface area is 62.8 Å². The van der Waals surface area contributed by atoms with Gasteiger partial charge in [0, 0.05) is 12.6 Å². The average Bonchev–Trinajstić information content (AvgIpc) is 1.88. The molecule has 0 aromatic rings. The third kappa shape index (κ3) is 1.48. The minimum atomic E-state index is 0.642. The first-order valence-corrected chi connectivity index (χ1v) is 3.78. The van der Waals surface area contributed by atoms with Crippen LogP contribution in [0.2, 0.25) is 0 Å². The highest BCUT2D eigenvalue weighted by Gasteiger charge is 2.10. The van der Waals surface area contributed by atoms with Crippen molar-refractivity contribution in [1.82, 2.24) is 5.32 Å². The van der Waals surface area contributed by atoms with Crippen molar-refractivity contribution in [2.24, 2.45) is 0 Å². The smallest absolute Gasteiger partial charge is 0.0207 e. The summed E-state index contributed by atoms with van der Waals surface area (Å²) in [7, 11) is 0. The Morgan fingerprint density at radius 2 is 2.40 bits per heavy atom. The topological polar surface area (TPSA) is 12.0 Å². The third-order valence-electron chi connectivity index (χ3n) is 2.05. The first-order valence-electron chi connectivity index (χ1n) is 3.78. The van der Waals surface area contributed by atoms with E-state index in [0.29, 0.717) is 6.04 Å². The van der Waals surface area contributed by atoms with Crippen molar-refractivity contribution < 1.29 is 0 Å². The van der Waals surface area contributed by atoms with Gasteiger partial charge in [-0.15, -0.1) is 0 Å². The van der Waals surface area contributed by atoms with E-state index in [1.165, 1.54) is 17.6 Å². The van der Waals surface area contributed by atoms with Crippen LogP contribution in [0.25, 0.3) is 0 Å². The van der Waals surface area contributed by atoms with Crippen LogP contribution in [-0.4, -0.2) is 12.6 Å². The predicted molar refractivity (Wildman–Crippen MR) is 45.0 cm³/mol. The van der Waals surface area contributed by atoms with Crippen molar-refractivity contribution >= 4 is 0 Å². The Balaban J connectivity index is 2.70. The molecule has 0 aromatic carbocycles. The molecule has 1 rings (SSSR count). The highest BCUT2D eigenvalue weighted by Crippen LogP contribution is 2.15. The van der Waals surface area contributed by atoms with E-state index in [2.05, 4.69) is 25.7 Å². The second-order valence-electron chi connectivity index (χ2n) is 3.00. The van der Waals surface area contributed by atoms with E-state index < -0.39 is 0 Å². The summed E-state index contributed by atoms with van der Waals surface area (Å²) < 4.78 is 0. The monoisotopic (exact) mass is 137 g/mol. The van der Waals surface area contributed by atoms with Crippen LogP contribution >= 0.6 is 0 Å². The van der Waals surface area contributed by atoms with Gasteiger partial charge in [0.05, 0.1) is 0 Å². The standard InChI is InChI=1S/C9H15N/c1-4-9-6-10-8(3)5-7(9)2/h4,8,10H,1,5-6H2,2-3H3. The zero-order valence-electron chi connectivity index (χ0n) is 6.78. The quantitative estimate of drug-likeness (QED) is 0.581. The van der Waals surface area contributed by atoms with Gasteiger partial charge in [0.25, 0.3) is 0 Å². The average molecular weight is 137 g/mol. The van der Waals surface area contributed by atoms with Gasteiger partial charge in [0.1, 0.15) is 0 Å². The Morgan fingerprint density at radius 1 is 1.70 bits per heavy atom. The van der Waals surface area contributed by atoms with Crippen molar-refractivity contribution in [3.05, 3.63) is 23.8 Å². The van der Waals surface area contributed by atoms with Crippen LogP contribution < -0.4 is 5.32 Å². The minimum absolute atomic E-state index is 0.642. The zero-order valence-corrected chi connectivity index (χ0v) is 6.78. The molecule has 10 heavy (non-hydrogen) atoms. The molecule has 56 valence electrons. The molecule has 1 aliphatic heterocycles. The van der Waals surface area contributed by atoms with Crippen molar-refractivity contribution in [1.29, 1.82) is 0 Å². The number of rotatable bonds is 1. The van der Waals surface area contributed by atoms with E-state index in [4.69, 9.17) is 0 Å². The molecular formula is C9H15N. The Hall–Kier alpha value is -0.560. The summed E-state index contributed by atoms with van der Waals surface area (Å²) in [4.78, 5) is 0. The van der Waals surface area contributed by atoms with Crippen LogP contribution in [-0.2, 0) is 0 Å². The van der Waals surface area contributed by atoms with Crippen molar-refractivity contribution in [2.75, 3.05) is 6.54 Å². The lowest BCUT2D eigenvalue weighted by molar-refractivity contribution is 0.543. The van der Waals surface area contributed by atoms with Gasteiger partial charge in [-0.2, -0.15) is 0 Å². The Morgan fingerprint density at radius 3 is 2.90 bits per heavy atom. The molecule has 1 aliphatic rings. The van der Waals surface area contributed by atoms with Crippen LogP contribution in [0.1, 0.15) is 20.3 Å². The van der Waals surface area contributed by atoms with Gasteiger partial charge in [0.2, 0.25) is 0 Å². The normalized spacial score (nSPS) is 26.8. The van der Waals surface area contributed by atoms with Gasteiger partial charge >= 0.3 is 0 Å². The molecule has 0 amide bonds. The Bertz CT molecular complexity index is 168. The highest BCUT2D eigenvalue weighted by molar-refractivity contribution is 5.27. The van der Waals surface area contributed by atoms with Gasteiger partial charge in [0.15, 0.2) is 0 Å². The maximum absolute atomic E-state index is 3.76. The number of hydrogen-bond acceptors (Lipinski definition) is 1. The fourth-order valence-corrected chi connectivity index (χ4v) is 1.34. The third-order valence-corrected chi connectivity index (χ3v) is 2.05. The van der Waals surface area contributed by atoms with Crippen LogP contribution in [0.5, 0.6) is 0 Å². The van der Waals surface area contributed by atoms with Crippen molar-refractivity contribution in [3.63, 3.8) is 0 Å². The van der Waals surface area contributed by atoms with E-state index in [0.717, 1.165) is 6.54 Å². The molecule has 0 saturated heterocycles. The lowest BCUT2D eigenvalue weighted by Crippen LogP contribution is -2.32. The van der Waals surface area contributed by atoms with Gasteiger partial charge in [-0.3, -0.25) is 0 Å². The minimum Gasteiger partial charge on any atom is -0.310 e. The van der Waals surface area contributed by atoms with E-state index >= 15 is 0 Å². The van der Waals surface area contributed by atoms with Crippen LogP contribution in [0, 0.1) is 0 Å². The molecule has 0 radical (unpaired) electrons. The van der Waals surface area contributed by atoms with Crippen molar-refractivity contribution in [3.8, 4) is 0 Å². The maximum atomic E-state index is 3.76. The fraction of sp³-hybridized carbons (Fsp3) is 0.556. The van der Waals surface area contributed by atoms with Gasteiger partial charge in [-0.25, -0.2) is 0 Å². The van der Waals surface area contributed by atoms with Crippen LogP contribution in [0.15, 0.2) is 23.8 Å². The fourth-order valence-electron chi connectivity index (χ4n) is 1.34. The molecule has 0 spiro atoms. The number of nitrogens with one attached hydrogen (secondary N) is 1. The Kier molecular flexibility index (Phi) is 2.28. The molecule has 1 heterocycles. The molecular weight excluding hydrogens is 122 g/mol. The molecule has 1 atom stereocenters. The van der Waals surface area contributed by atoms with E-state index in [1.54, 1.807) is 0 Å². The summed E-state index contributed by atoms with van der Waals surface area (Å²) in [5.74, 6) is 0.